The fourth-order valence-electron chi connectivity index (χ4n) is 2.94. The second-order valence-electron chi connectivity index (χ2n) is 6.15. The van der Waals surface area contributed by atoms with Crippen LogP contribution in [0.15, 0.2) is 90.0 Å². The molecule has 0 radical (unpaired) electrons. The van der Waals surface area contributed by atoms with E-state index < -0.39 is 6.04 Å². The maximum absolute atomic E-state index is 12.6. The lowest BCUT2D eigenvalue weighted by molar-refractivity contribution is -0.118. The Morgan fingerprint density at radius 3 is 2.26 bits per heavy atom. The Morgan fingerprint density at radius 1 is 0.852 bits per heavy atom. The fourth-order valence-corrected chi connectivity index (χ4v) is 2.94. The molecule has 0 aliphatic carbocycles. The van der Waals surface area contributed by atoms with Gasteiger partial charge in [0.15, 0.2) is 0 Å². The molecule has 27 heavy (non-hydrogen) atoms. The molecule has 1 heterocycles. The fraction of sp³-hybridized carbons (Fsp3) is 0.0455. The highest BCUT2D eigenvalue weighted by Gasteiger charge is 2.31. The summed E-state index contributed by atoms with van der Waals surface area (Å²) < 4.78 is 0. The van der Waals surface area contributed by atoms with E-state index in [9.17, 15) is 9.59 Å². The van der Waals surface area contributed by atoms with Crippen LogP contribution in [0.4, 0.5) is 5.69 Å². The number of carbonyl (C=O) groups excluding carboxylic acids is 2. The number of hydrogen-bond acceptors (Lipinski definition) is 3. The zero-order chi connectivity index (χ0) is 18.6. The first-order valence-corrected chi connectivity index (χ1v) is 8.62. The molecule has 3 aromatic carbocycles. The maximum atomic E-state index is 12.6. The number of carbonyl (C=O) groups is 2. The Morgan fingerprint density at radius 2 is 1.52 bits per heavy atom. The van der Waals surface area contributed by atoms with Crippen LogP contribution in [0.25, 0.3) is 11.1 Å². The maximum Gasteiger partial charge on any atom is 0.275 e. The standard InChI is InChI=1S/C22H17N3O2/c26-21(18-11-7-10-17(14-18)16-8-3-1-4-9-16)24-20-15-23-25(22(20)27)19-12-5-2-6-13-19/h1-15,20H,(H,24,26). The van der Waals surface area contributed by atoms with Gasteiger partial charge >= 0.3 is 0 Å². The number of nitrogens with zero attached hydrogens (tertiary/aromatic N) is 2. The van der Waals surface area contributed by atoms with Crippen molar-refractivity contribution in [3.8, 4) is 11.1 Å². The van der Waals surface area contributed by atoms with Crippen LogP contribution in [0.1, 0.15) is 10.4 Å². The van der Waals surface area contributed by atoms with Crippen LogP contribution in [0.5, 0.6) is 0 Å². The molecule has 1 atom stereocenters. The zero-order valence-corrected chi connectivity index (χ0v) is 14.4. The molecule has 1 N–H and O–H groups in total. The third-order valence-corrected chi connectivity index (χ3v) is 4.33. The molecule has 0 bridgehead atoms. The van der Waals surface area contributed by atoms with Gasteiger partial charge in [-0.1, -0.05) is 60.7 Å². The molecule has 1 aliphatic heterocycles. The first kappa shape index (κ1) is 16.7. The Balaban J connectivity index is 1.49. The highest BCUT2D eigenvalue weighted by atomic mass is 16.2. The molecule has 4 rings (SSSR count). The molecule has 1 unspecified atom stereocenters. The van der Waals surface area contributed by atoms with Crippen LogP contribution < -0.4 is 10.3 Å². The molecule has 0 spiro atoms. The van der Waals surface area contributed by atoms with Crippen molar-refractivity contribution in [1.82, 2.24) is 5.32 Å². The third-order valence-electron chi connectivity index (χ3n) is 4.33. The Bertz CT molecular complexity index is 1000. The number of benzene rings is 3. The molecule has 3 aromatic rings. The van der Waals surface area contributed by atoms with Crippen LogP contribution in [0.2, 0.25) is 0 Å². The molecule has 0 saturated heterocycles. The first-order chi connectivity index (χ1) is 13.2. The quantitative estimate of drug-likeness (QED) is 0.779. The van der Waals surface area contributed by atoms with Gasteiger partial charge in [-0.25, -0.2) is 0 Å². The van der Waals surface area contributed by atoms with Gasteiger partial charge in [-0.2, -0.15) is 10.1 Å². The molecule has 0 fully saturated rings. The minimum Gasteiger partial charge on any atom is -0.336 e. The average Bonchev–Trinajstić information content (AvgIpc) is 3.09. The van der Waals surface area contributed by atoms with E-state index in [2.05, 4.69) is 10.4 Å². The second kappa shape index (κ2) is 7.25. The highest BCUT2D eigenvalue weighted by molar-refractivity contribution is 6.14. The van der Waals surface area contributed by atoms with Crippen LogP contribution in [0, 0.1) is 0 Å². The van der Waals surface area contributed by atoms with Crippen molar-refractivity contribution in [2.24, 2.45) is 5.10 Å². The molecular formula is C22H17N3O2. The van der Waals surface area contributed by atoms with E-state index in [0.29, 0.717) is 11.3 Å². The molecule has 0 aromatic heterocycles. The van der Waals surface area contributed by atoms with Crippen molar-refractivity contribution in [3.05, 3.63) is 90.5 Å². The number of nitrogens with one attached hydrogen (secondary N) is 1. The van der Waals surface area contributed by atoms with E-state index in [4.69, 9.17) is 0 Å². The van der Waals surface area contributed by atoms with Gasteiger partial charge in [0.2, 0.25) is 0 Å². The normalized spacial score (nSPS) is 15.8. The molecule has 132 valence electrons. The first-order valence-electron chi connectivity index (χ1n) is 8.62. The summed E-state index contributed by atoms with van der Waals surface area (Å²) in [7, 11) is 0. The summed E-state index contributed by atoms with van der Waals surface area (Å²) in [5.41, 5.74) is 3.14. The molecule has 1 aliphatic rings. The van der Waals surface area contributed by atoms with Gasteiger partial charge in [-0.05, 0) is 35.4 Å². The van der Waals surface area contributed by atoms with Crippen molar-refractivity contribution >= 4 is 23.7 Å². The average molecular weight is 355 g/mol. The number of anilines is 1. The van der Waals surface area contributed by atoms with E-state index in [0.717, 1.165) is 11.1 Å². The highest BCUT2D eigenvalue weighted by Crippen LogP contribution is 2.21. The summed E-state index contributed by atoms with van der Waals surface area (Å²) in [6, 6.07) is 25.5. The van der Waals surface area contributed by atoms with Crippen LogP contribution in [-0.4, -0.2) is 24.1 Å². The number of hydrogen-bond donors (Lipinski definition) is 1. The number of hydrazone groups is 1. The van der Waals surface area contributed by atoms with Gasteiger partial charge in [-0.15, -0.1) is 0 Å². The van der Waals surface area contributed by atoms with Gasteiger partial charge in [0.25, 0.3) is 11.8 Å². The SMILES string of the molecule is O=C(NC1C=NN(c2ccccc2)C1=O)c1cccc(-c2ccccc2)c1. The second-order valence-corrected chi connectivity index (χ2v) is 6.15. The van der Waals surface area contributed by atoms with Crippen LogP contribution >= 0.6 is 0 Å². The van der Waals surface area contributed by atoms with Crippen molar-refractivity contribution in [2.75, 3.05) is 5.01 Å². The molecule has 5 nitrogen and oxygen atoms in total. The minimum atomic E-state index is -0.780. The van der Waals surface area contributed by atoms with E-state index >= 15 is 0 Å². The monoisotopic (exact) mass is 355 g/mol. The van der Waals surface area contributed by atoms with E-state index in [-0.39, 0.29) is 11.8 Å². The Labute approximate surface area is 156 Å². The van der Waals surface area contributed by atoms with E-state index in [1.54, 1.807) is 18.2 Å². The lowest BCUT2D eigenvalue weighted by Crippen LogP contribution is -2.43. The van der Waals surface area contributed by atoms with Crippen molar-refractivity contribution in [2.45, 2.75) is 6.04 Å². The topological polar surface area (TPSA) is 61.8 Å². The summed E-state index contributed by atoms with van der Waals surface area (Å²) >= 11 is 0. The Kier molecular flexibility index (Phi) is 4.49. The van der Waals surface area contributed by atoms with E-state index in [1.165, 1.54) is 11.2 Å². The number of amides is 2. The van der Waals surface area contributed by atoms with Crippen molar-refractivity contribution in [1.29, 1.82) is 0 Å². The lowest BCUT2D eigenvalue weighted by Gasteiger charge is -2.15. The predicted octanol–water partition coefficient (Wildman–Crippen LogP) is 3.48. The van der Waals surface area contributed by atoms with E-state index in [1.807, 2.05) is 66.7 Å². The van der Waals surface area contributed by atoms with Crippen LogP contribution in [0.3, 0.4) is 0 Å². The van der Waals surface area contributed by atoms with Crippen molar-refractivity contribution < 1.29 is 9.59 Å². The number of rotatable bonds is 4. The van der Waals surface area contributed by atoms with Crippen LogP contribution in [-0.2, 0) is 4.79 Å². The summed E-state index contributed by atoms with van der Waals surface area (Å²) in [4.78, 5) is 25.2. The molecule has 0 saturated carbocycles. The van der Waals surface area contributed by atoms with Crippen molar-refractivity contribution in [3.63, 3.8) is 0 Å². The van der Waals surface area contributed by atoms with Gasteiger partial charge in [0, 0.05) is 5.56 Å². The zero-order valence-electron chi connectivity index (χ0n) is 14.4. The van der Waals surface area contributed by atoms with Gasteiger partial charge < -0.3 is 5.32 Å². The number of para-hydroxylation sites is 1. The lowest BCUT2D eigenvalue weighted by atomic mass is 10.0. The third kappa shape index (κ3) is 3.48. The summed E-state index contributed by atoms with van der Waals surface area (Å²) in [6.07, 6.45) is 1.45. The molecule has 2 amide bonds. The summed E-state index contributed by atoms with van der Waals surface area (Å²) in [6.45, 7) is 0. The van der Waals surface area contributed by atoms with Gasteiger partial charge in [-0.3, -0.25) is 9.59 Å². The minimum absolute atomic E-state index is 0.284. The largest absolute Gasteiger partial charge is 0.336 e. The summed E-state index contributed by atoms with van der Waals surface area (Å²) in [5, 5.41) is 8.17. The summed E-state index contributed by atoms with van der Waals surface area (Å²) in [5.74, 6) is -0.596. The Hall–Kier alpha value is -3.73. The molecular weight excluding hydrogens is 338 g/mol. The smallest absolute Gasteiger partial charge is 0.275 e. The van der Waals surface area contributed by atoms with Gasteiger partial charge in [0.1, 0.15) is 6.04 Å². The molecule has 5 heteroatoms. The van der Waals surface area contributed by atoms with Gasteiger partial charge in [0.05, 0.1) is 11.9 Å². The predicted molar refractivity (Wildman–Crippen MR) is 106 cm³/mol.